The number of nitrogens with one attached hydrogen (secondary N) is 1. The highest BCUT2D eigenvalue weighted by atomic mass is 16.5. The van der Waals surface area contributed by atoms with E-state index in [1.54, 1.807) is 7.11 Å². The number of nitrogens with zero attached hydrogens (tertiary/aromatic N) is 1. The van der Waals surface area contributed by atoms with Gasteiger partial charge in [0, 0.05) is 45.9 Å². The molecule has 1 unspecified atom stereocenters. The molecule has 2 N–H and O–H groups in total. The predicted molar refractivity (Wildman–Crippen MR) is 157 cm³/mol. The minimum absolute atomic E-state index is 0.00419. The van der Waals surface area contributed by atoms with Gasteiger partial charge in [0.1, 0.15) is 12.4 Å². The second-order valence-electron chi connectivity index (χ2n) is 10.8. The molecule has 2 heterocycles. The van der Waals surface area contributed by atoms with Crippen LogP contribution in [0.15, 0.2) is 42.5 Å². The van der Waals surface area contributed by atoms with Crippen LogP contribution < -0.4 is 15.0 Å². The lowest BCUT2D eigenvalue weighted by Crippen LogP contribution is -2.47. The number of piperidine rings is 1. The van der Waals surface area contributed by atoms with E-state index in [4.69, 9.17) is 23.7 Å². The van der Waals surface area contributed by atoms with Gasteiger partial charge in [0.05, 0.1) is 44.3 Å². The van der Waals surface area contributed by atoms with E-state index < -0.39 is 0 Å². The van der Waals surface area contributed by atoms with Crippen molar-refractivity contribution in [2.24, 2.45) is 5.92 Å². The van der Waals surface area contributed by atoms with Crippen LogP contribution in [0.25, 0.3) is 0 Å². The molecule has 2 aliphatic heterocycles. The van der Waals surface area contributed by atoms with Gasteiger partial charge in [0.2, 0.25) is 0 Å². The summed E-state index contributed by atoms with van der Waals surface area (Å²) in [5, 5.41) is 13.3. The number of methoxy groups -OCH3 is 1. The summed E-state index contributed by atoms with van der Waals surface area (Å²) in [6.45, 7) is 11.5. The smallest absolute Gasteiger partial charge is 0.142 e. The molecule has 8 nitrogen and oxygen atoms in total. The summed E-state index contributed by atoms with van der Waals surface area (Å²) < 4.78 is 29.2. The van der Waals surface area contributed by atoms with Crippen LogP contribution in [0.4, 0.5) is 5.69 Å². The summed E-state index contributed by atoms with van der Waals surface area (Å²) in [7, 11) is 1.75. The van der Waals surface area contributed by atoms with Gasteiger partial charge in [-0.15, -0.1) is 0 Å². The molecule has 2 aromatic rings. The molecule has 0 bridgehead atoms. The lowest BCUT2D eigenvalue weighted by molar-refractivity contribution is -0.00969. The fraction of sp³-hybridized carbons (Fsp3) is 0.625. The maximum absolute atomic E-state index is 9.80. The second kappa shape index (κ2) is 16.3. The van der Waals surface area contributed by atoms with Gasteiger partial charge in [0.25, 0.3) is 0 Å². The summed E-state index contributed by atoms with van der Waals surface area (Å²) in [5.41, 5.74) is 4.66. The van der Waals surface area contributed by atoms with Gasteiger partial charge >= 0.3 is 0 Å². The Balaban J connectivity index is 1.41. The number of hydrogen-bond acceptors (Lipinski definition) is 8. The van der Waals surface area contributed by atoms with Crippen LogP contribution in [-0.4, -0.2) is 83.6 Å². The maximum atomic E-state index is 9.80. The Hall–Kier alpha value is -2.20. The molecule has 1 fully saturated rings. The van der Waals surface area contributed by atoms with Crippen LogP contribution >= 0.6 is 0 Å². The summed E-state index contributed by atoms with van der Waals surface area (Å²) in [6.07, 6.45) is 1.82. The topological polar surface area (TPSA) is 81.7 Å². The lowest BCUT2D eigenvalue weighted by Gasteiger charge is -2.39. The van der Waals surface area contributed by atoms with Crippen molar-refractivity contribution in [1.82, 2.24) is 5.32 Å². The van der Waals surface area contributed by atoms with Crippen molar-refractivity contribution in [3.05, 3.63) is 59.2 Å². The van der Waals surface area contributed by atoms with Gasteiger partial charge in [0.15, 0.2) is 0 Å². The van der Waals surface area contributed by atoms with Crippen LogP contribution in [0.2, 0.25) is 0 Å². The summed E-state index contributed by atoms with van der Waals surface area (Å²) in [4.78, 5) is 2.38. The number of aliphatic hydroxyl groups excluding tert-OH is 1. The summed E-state index contributed by atoms with van der Waals surface area (Å²) in [6, 6.07) is 15.1. The quantitative estimate of drug-likeness (QED) is 0.299. The molecule has 0 saturated carbocycles. The molecule has 2 aromatic carbocycles. The fourth-order valence-corrected chi connectivity index (χ4v) is 5.82. The first-order valence-electron chi connectivity index (χ1n) is 14.8. The number of ether oxygens (including phenoxy) is 5. The first-order valence-corrected chi connectivity index (χ1v) is 14.8. The van der Waals surface area contributed by atoms with Crippen LogP contribution in [0, 0.1) is 5.92 Å². The van der Waals surface area contributed by atoms with Crippen molar-refractivity contribution < 1.29 is 28.8 Å². The van der Waals surface area contributed by atoms with Crippen molar-refractivity contribution in [3.8, 4) is 5.75 Å². The molecule has 0 spiro atoms. The van der Waals surface area contributed by atoms with Gasteiger partial charge in [-0.1, -0.05) is 30.3 Å². The highest BCUT2D eigenvalue weighted by Gasteiger charge is 2.35. The van der Waals surface area contributed by atoms with Crippen LogP contribution in [0.3, 0.4) is 0 Å². The molecule has 0 amide bonds. The Morgan fingerprint density at radius 2 is 1.93 bits per heavy atom. The number of anilines is 1. The SMILES string of the molecule is CCOC(C)COCc1ccc([C@H]2[C@H](CCO)CNC[C@@H]2OCc2ccc3c(c2)N(CCCOC)CCO3)cc1. The highest BCUT2D eigenvalue weighted by molar-refractivity contribution is 5.61. The predicted octanol–water partition coefficient (Wildman–Crippen LogP) is 4.13. The van der Waals surface area contributed by atoms with E-state index in [0.29, 0.717) is 39.0 Å². The van der Waals surface area contributed by atoms with Gasteiger partial charge in [-0.2, -0.15) is 0 Å². The number of benzene rings is 2. The average Bonchev–Trinajstić information content (AvgIpc) is 2.97. The van der Waals surface area contributed by atoms with Gasteiger partial charge in [-0.25, -0.2) is 0 Å². The zero-order chi connectivity index (χ0) is 28.2. The molecule has 1 saturated heterocycles. The van der Waals surface area contributed by atoms with E-state index in [9.17, 15) is 5.11 Å². The molecular formula is C32H48N2O6. The zero-order valence-electron chi connectivity index (χ0n) is 24.5. The Morgan fingerprint density at radius 3 is 2.70 bits per heavy atom. The van der Waals surface area contributed by atoms with Crippen molar-refractivity contribution in [1.29, 1.82) is 0 Å². The van der Waals surface area contributed by atoms with Crippen molar-refractivity contribution >= 4 is 5.69 Å². The van der Waals surface area contributed by atoms with Crippen LogP contribution in [-0.2, 0) is 32.2 Å². The number of aliphatic hydroxyl groups is 1. The summed E-state index contributed by atoms with van der Waals surface area (Å²) >= 11 is 0. The number of rotatable bonds is 16. The normalized spacial score (nSPS) is 21.6. The van der Waals surface area contributed by atoms with E-state index in [2.05, 4.69) is 52.7 Å². The molecule has 4 atom stereocenters. The number of fused-ring (bicyclic) bond motifs is 1. The van der Waals surface area contributed by atoms with E-state index >= 15 is 0 Å². The summed E-state index contributed by atoms with van der Waals surface area (Å²) in [5.74, 6) is 1.43. The Kier molecular flexibility index (Phi) is 12.5. The third-order valence-corrected chi connectivity index (χ3v) is 7.82. The minimum atomic E-state index is 0.00419. The Morgan fingerprint density at radius 1 is 1.10 bits per heavy atom. The van der Waals surface area contributed by atoms with Gasteiger partial charge < -0.3 is 39.0 Å². The third-order valence-electron chi connectivity index (χ3n) is 7.82. The third kappa shape index (κ3) is 8.65. The minimum Gasteiger partial charge on any atom is -0.490 e. The largest absolute Gasteiger partial charge is 0.490 e. The highest BCUT2D eigenvalue weighted by Crippen LogP contribution is 2.36. The zero-order valence-corrected chi connectivity index (χ0v) is 24.5. The fourth-order valence-electron chi connectivity index (χ4n) is 5.82. The molecule has 2 aliphatic rings. The lowest BCUT2D eigenvalue weighted by atomic mass is 9.77. The first-order chi connectivity index (χ1) is 19.6. The van der Waals surface area contributed by atoms with Crippen molar-refractivity contribution in [2.45, 2.75) is 58.0 Å². The average molecular weight is 557 g/mol. The van der Waals surface area contributed by atoms with E-state index in [-0.39, 0.29) is 24.7 Å². The number of hydrogen-bond donors (Lipinski definition) is 2. The van der Waals surface area contributed by atoms with Crippen molar-refractivity contribution in [3.63, 3.8) is 0 Å². The Bertz CT molecular complexity index is 1000. The molecule has 4 rings (SSSR count). The molecule has 0 aromatic heterocycles. The standard InChI is InChI=1S/C32H48N2O6/c1-4-38-24(2)21-37-22-25-6-9-27(10-7-25)32-28(12-15-35)19-33-20-31(32)40-23-26-8-11-30-29(18-26)34(14-17-39-30)13-5-16-36-3/h6-11,18,24,28,31-33,35H,4-5,12-17,19-23H2,1-3H3/t24?,28-,31+,32+/m1/s1. The van der Waals surface area contributed by atoms with E-state index in [1.165, 1.54) is 5.56 Å². The van der Waals surface area contributed by atoms with E-state index in [1.807, 2.05) is 13.8 Å². The maximum Gasteiger partial charge on any atom is 0.142 e. The first kappa shape index (κ1) is 30.8. The molecule has 0 aliphatic carbocycles. The van der Waals surface area contributed by atoms with E-state index in [0.717, 1.165) is 68.2 Å². The monoisotopic (exact) mass is 556 g/mol. The Labute approximate surface area is 239 Å². The molecule has 8 heteroatoms. The van der Waals surface area contributed by atoms with Gasteiger partial charge in [-0.05, 0) is 68.0 Å². The van der Waals surface area contributed by atoms with Crippen molar-refractivity contribution in [2.75, 3.05) is 71.2 Å². The molecule has 0 radical (unpaired) electrons. The second-order valence-corrected chi connectivity index (χ2v) is 10.8. The van der Waals surface area contributed by atoms with Gasteiger partial charge in [-0.3, -0.25) is 0 Å². The molecule has 222 valence electrons. The molecule has 40 heavy (non-hydrogen) atoms. The van der Waals surface area contributed by atoms with Crippen LogP contribution in [0.5, 0.6) is 5.75 Å². The molecular weight excluding hydrogens is 508 g/mol. The van der Waals surface area contributed by atoms with Crippen LogP contribution in [0.1, 0.15) is 49.3 Å².